The van der Waals surface area contributed by atoms with Crippen molar-refractivity contribution in [1.82, 2.24) is 0 Å². The third-order valence-corrected chi connectivity index (χ3v) is 3.64. The van der Waals surface area contributed by atoms with Crippen molar-refractivity contribution >= 4 is 0 Å². The third-order valence-electron chi connectivity index (χ3n) is 3.64. The van der Waals surface area contributed by atoms with Gasteiger partial charge < -0.3 is 9.47 Å². The molecule has 0 spiro atoms. The average Bonchev–Trinajstić information content (AvgIpc) is 2.64. The Morgan fingerprint density at radius 1 is 0.625 bits per heavy atom. The van der Waals surface area contributed by atoms with Gasteiger partial charge in [0.1, 0.15) is 23.9 Å². The van der Waals surface area contributed by atoms with Crippen LogP contribution in [0.15, 0.2) is 78.9 Å². The molecule has 122 valence electrons. The van der Waals surface area contributed by atoms with Crippen molar-refractivity contribution in [2.24, 2.45) is 0 Å². The maximum Gasteiger partial charge on any atom is 0.123 e. The molecule has 0 fully saturated rings. The number of rotatable bonds is 7. The maximum absolute atomic E-state index is 12.8. The van der Waals surface area contributed by atoms with E-state index in [1.54, 1.807) is 12.1 Å². The zero-order valence-electron chi connectivity index (χ0n) is 13.3. The fraction of sp³-hybridized carbons (Fsp3) is 0.143. The second kappa shape index (κ2) is 8.16. The molecule has 2 nitrogen and oxygen atoms in total. The molecule has 0 aliphatic carbocycles. The van der Waals surface area contributed by atoms with E-state index in [2.05, 4.69) is 0 Å². The SMILES string of the molecule is Fc1ccc(CCOc2ccc(OCc3ccccc3)cc2)cc1. The molecule has 0 N–H and O–H groups in total. The molecule has 3 rings (SSSR count). The normalized spacial score (nSPS) is 10.4. The molecule has 3 aromatic rings. The van der Waals surface area contributed by atoms with Gasteiger partial charge in [0.15, 0.2) is 0 Å². The quantitative estimate of drug-likeness (QED) is 0.607. The predicted molar refractivity (Wildman–Crippen MR) is 92.8 cm³/mol. The van der Waals surface area contributed by atoms with E-state index in [-0.39, 0.29) is 5.82 Å². The minimum absolute atomic E-state index is 0.217. The lowest BCUT2D eigenvalue weighted by molar-refractivity contribution is 0.302. The van der Waals surface area contributed by atoms with Gasteiger partial charge in [0.2, 0.25) is 0 Å². The Morgan fingerprint density at radius 2 is 1.25 bits per heavy atom. The summed E-state index contributed by atoms with van der Waals surface area (Å²) in [7, 11) is 0. The van der Waals surface area contributed by atoms with Crippen LogP contribution in [0.3, 0.4) is 0 Å². The van der Waals surface area contributed by atoms with Gasteiger partial charge in [-0.1, -0.05) is 42.5 Å². The molecular weight excluding hydrogens is 303 g/mol. The summed E-state index contributed by atoms with van der Waals surface area (Å²) in [5.41, 5.74) is 2.19. The van der Waals surface area contributed by atoms with Crippen molar-refractivity contribution < 1.29 is 13.9 Å². The van der Waals surface area contributed by atoms with Gasteiger partial charge in [-0.15, -0.1) is 0 Å². The van der Waals surface area contributed by atoms with Crippen molar-refractivity contribution in [3.63, 3.8) is 0 Å². The summed E-state index contributed by atoms with van der Waals surface area (Å²) in [4.78, 5) is 0. The summed E-state index contributed by atoms with van der Waals surface area (Å²) in [5.74, 6) is 1.39. The first kappa shape index (κ1) is 16.1. The van der Waals surface area contributed by atoms with Crippen molar-refractivity contribution in [3.05, 3.63) is 95.8 Å². The van der Waals surface area contributed by atoms with Gasteiger partial charge in [-0.3, -0.25) is 0 Å². The molecule has 3 heteroatoms. The van der Waals surface area contributed by atoms with Gasteiger partial charge in [0, 0.05) is 6.42 Å². The lowest BCUT2D eigenvalue weighted by Gasteiger charge is -2.09. The molecule has 0 radical (unpaired) electrons. The Balaban J connectivity index is 1.45. The highest BCUT2D eigenvalue weighted by molar-refractivity contribution is 5.31. The Hall–Kier alpha value is -2.81. The van der Waals surface area contributed by atoms with Crippen LogP contribution in [0.2, 0.25) is 0 Å². The molecule has 0 atom stereocenters. The van der Waals surface area contributed by atoms with Gasteiger partial charge in [0.25, 0.3) is 0 Å². The molecule has 0 saturated heterocycles. The number of hydrogen-bond donors (Lipinski definition) is 0. The Kier molecular flexibility index (Phi) is 5.46. The average molecular weight is 322 g/mol. The highest BCUT2D eigenvalue weighted by atomic mass is 19.1. The van der Waals surface area contributed by atoms with Crippen LogP contribution in [0.5, 0.6) is 11.5 Å². The van der Waals surface area contributed by atoms with Crippen LogP contribution in [0.25, 0.3) is 0 Å². The third kappa shape index (κ3) is 4.85. The Bertz CT molecular complexity index is 737. The first-order chi connectivity index (χ1) is 11.8. The minimum atomic E-state index is -0.217. The van der Waals surface area contributed by atoms with Gasteiger partial charge in [-0.05, 0) is 47.5 Å². The lowest BCUT2D eigenvalue weighted by Crippen LogP contribution is -2.01. The first-order valence-electron chi connectivity index (χ1n) is 7.94. The smallest absolute Gasteiger partial charge is 0.123 e. The molecule has 0 aliphatic rings. The van der Waals surface area contributed by atoms with Crippen LogP contribution < -0.4 is 9.47 Å². The first-order valence-corrected chi connectivity index (χ1v) is 7.94. The highest BCUT2D eigenvalue weighted by Gasteiger charge is 1.99. The van der Waals surface area contributed by atoms with E-state index in [1.807, 2.05) is 54.6 Å². The maximum atomic E-state index is 12.8. The van der Waals surface area contributed by atoms with E-state index in [1.165, 1.54) is 12.1 Å². The van der Waals surface area contributed by atoms with E-state index in [4.69, 9.17) is 9.47 Å². The predicted octanol–water partition coefficient (Wildman–Crippen LogP) is 5.03. The standard InChI is InChI=1S/C21H19FO2/c22-19-8-6-17(7-9-19)14-15-23-20-10-12-21(13-11-20)24-16-18-4-2-1-3-5-18/h1-13H,14-16H2. The van der Waals surface area contributed by atoms with Crippen LogP contribution in [0.1, 0.15) is 11.1 Å². The summed E-state index contributed by atoms with van der Waals surface area (Å²) >= 11 is 0. The van der Waals surface area contributed by atoms with Gasteiger partial charge in [0.05, 0.1) is 6.61 Å². The molecular formula is C21H19FO2. The van der Waals surface area contributed by atoms with Crippen molar-refractivity contribution in [3.8, 4) is 11.5 Å². The topological polar surface area (TPSA) is 18.5 Å². The van der Waals surface area contributed by atoms with Gasteiger partial charge >= 0.3 is 0 Å². The van der Waals surface area contributed by atoms with E-state index >= 15 is 0 Å². The van der Waals surface area contributed by atoms with Crippen LogP contribution in [-0.4, -0.2) is 6.61 Å². The van der Waals surface area contributed by atoms with Crippen LogP contribution >= 0.6 is 0 Å². The summed E-state index contributed by atoms with van der Waals surface area (Å²) in [6, 6.07) is 24.1. The lowest BCUT2D eigenvalue weighted by atomic mass is 10.2. The number of benzene rings is 3. The highest BCUT2D eigenvalue weighted by Crippen LogP contribution is 2.19. The monoisotopic (exact) mass is 322 g/mol. The summed E-state index contributed by atoms with van der Waals surface area (Å²) in [6.45, 7) is 1.10. The van der Waals surface area contributed by atoms with Gasteiger partial charge in [-0.2, -0.15) is 0 Å². The molecule has 24 heavy (non-hydrogen) atoms. The van der Waals surface area contributed by atoms with Crippen LogP contribution in [0, 0.1) is 5.82 Å². The van der Waals surface area contributed by atoms with E-state index in [9.17, 15) is 4.39 Å². The van der Waals surface area contributed by atoms with E-state index in [0.29, 0.717) is 13.2 Å². The Labute approximate surface area is 141 Å². The Morgan fingerprint density at radius 3 is 1.92 bits per heavy atom. The number of halogens is 1. The van der Waals surface area contributed by atoms with Gasteiger partial charge in [-0.25, -0.2) is 4.39 Å². The van der Waals surface area contributed by atoms with Crippen molar-refractivity contribution in [2.45, 2.75) is 13.0 Å². The molecule has 0 aromatic heterocycles. The number of ether oxygens (including phenoxy) is 2. The minimum Gasteiger partial charge on any atom is -0.493 e. The zero-order valence-corrected chi connectivity index (χ0v) is 13.3. The summed E-state index contributed by atoms with van der Waals surface area (Å²) < 4.78 is 24.3. The zero-order chi connectivity index (χ0) is 16.6. The number of hydrogen-bond acceptors (Lipinski definition) is 2. The second-order valence-corrected chi connectivity index (χ2v) is 5.47. The van der Waals surface area contributed by atoms with Crippen LogP contribution in [-0.2, 0) is 13.0 Å². The molecule has 0 aliphatic heterocycles. The van der Waals surface area contributed by atoms with Crippen LogP contribution in [0.4, 0.5) is 4.39 Å². The van der Waals surface area contributed by atoms with E-state index < -0.39 is 0 Å². The molecule has 0 amide bonds. The largest absolute Gasteiger partial charge is 0.493 e. The molecule has 3 aromatic carbocycles. The second-order valence-electron chi connectivity index (χ2n) is 5.47. The van der Waals surface area contributed by atoms with Crippen molar-refractivity contribution in [1.29, 1.82) is 0 Å². The molecule has 0 heterocycles. The van der Waals surface area contributed by atoms with Crippen molar-refractivity contribution in [2.75, 3.05) is 6.61 Å². The van der Waals surface area contributed by atoms with E-state index in [0.717, 1.165) is 29.0 Å². The molecule has 0 bridgehead atoms. The fourth-order valence-corrected chi connectivity index (χ4v) is 2.31. The molecule has 0 unspecified atom stereocenters. The summed E-state index contributed by atoms with van der Waals surface area (Å²) in [5, 5.41) is 0. The molecule has 0 saturated carbocycles. The summed E-state index contributed by atoms with van der Waals surface area (Å²) in [6.07, 6.45) is 0.743. The fourth-order valence-electron chi connectivity index (χ4n) is 2.31.